The number of piperazine rings is 1. The first kappa shape index (κ1) is 17.0. The van der Waals surface area contributed by atoms with Crippen molar-refractivity contribution in [3.05, 3.63) is 53.7 Å². The molecule has 26 heavy (non-hydrogen) atoms. The van der Waals surface area contributed by atoms with Crippen molar-refractivity contribution in [3.8, 4) is 0 Å². The standard InChI is InChI=1S/C21H26N4O/c1-16(21(26)23-19-9-8-17-5-4-6-18(17)15-19)24-11-13-25(14-12-24)20-7-2-3-10-22-20/h2-3,7-10,15-16H,4-6,11-14H2,1H3,(H,23,26)/p+2/t16-/m0/s1. The van der Waals surface area contributed by atoms with Gasteiger partial charge in [0.25, 0.3) is 11.7 Å². The number of aryl methyl sites for hydroxylation is 2. The van der Waals surface area contributed by atoms with E-state index >= 15 is 0 Å². The van der Waals surface area contributed by atoms with Crippen LogP contribution in [0, 0.1) is 0 Å². The van der Waals surface area contributed by atoms with Crippen LogP contribution < -0.4 is 20.1 Å². The molecule has 5 nitrogen and oxygen atoms in total. The summed E-state index contributed by atoms with van der Waals surface area (Å²) in [5, 5.41) is 3.13. The zero-order chi connectivity index (χ0) is 17.9. The van der Waals surface area contributed by atoms with Crippen molar-refractivity contribution < 1.29 is 14.7 Å². The van der Waals surface area contributed by atoms with E-state index < -0.39 is 0 Å². The SMILES string of the molecule is C[C@@H](C(=O)Nc1ccc2c(c1)CCC2)[NH+]1CCN(c2cccc[nH+]2)CC1. The number of nitrogens with one attached hydrogen (secondary N) is 3. The van der Waals surface area contributed by atoms with Gasteiger partial charge in [0.05, 0.1) is 6.20 Å². The average Bonchev–Trinajstić information content (AvgIpc) is 3.16. The molecule has 1 aromatic carbocycles. The summed E-state index contributed by atoms with van der Waals surface area (Å²) in [4.78, 5) is 19.7. The van der Waals surface area contributed by atoms with E-state index in [0.717, 1.165) is 44.1 Å². The van der Waals surface area contributed by atoms with Crippen molar-refractivity contribution in [3.63, 3.8) is 0 Å². The van der Waals surface area contributed by atoms with Crippen molar-refractivity contribution in [2.24, 2.45) is 0 Å². The monoisotopic (exact) mass is 352 g/mol. The molecule has 0 spiro atoms. The number of rotatable bonds is 4. The molecule has 0 radical (unpaired) electrons. The summed E-state index contributed by atoms with van der Waals surface area (Å²) in [6.07, 6.45) is 5.50. The number of hydrogen-bond donors (Lipinski definition) is 2. The van der Waals surface area contributed by atoms with Gasteiger partial charge in [-0.2, -0.15) is 0 Å². The fourth-order valence-electron chi connectivity index (χ4n) is 4.13. The Morgan fingerprint density at radius 2 is 1.96 bits per heavy atom. The van der Waals surface area contributed by atoms with E-state index in [0.29, 0.717) is 0 Å². The van der Waals surface area contributed by atoms with E-state index in [9.17, 15) is 4.79 Å². The molecule has 1 aliphatic heterocycles. The van der Waals surface area contributed by atoms with Crippen LogP contribution in [0.2, 0.25) is 0 Å². The van der Waals surface area contributed by atoms with E-state index in [1.807, 2.05) is 25.3 Å². The number of amides is 1. The Hall–Kier alpha value is -2.40. The number of pyridine rings is 1. The summed E-state index contributed by atoms with van der Waals surface area (Å²) >= 11 is 0. The Morgan fingerprint density at radius 3 is 2.73 bits per heavy atom. The molecule has 0 saturated carbocycles. The Labute approximate surface area is 155 Å². The molecule has 2 aromatic rings. The van der Waals surface area contributed by atoms with Crippen molar-refractivity contribution in [2.45, 2.75) is 32.2 Å². The second kappa shape index (κ2) is 7.46. The number of H-pyrrole nitrogens is 1. The van der Waals surface area contributed by atoms with Crippen LogP contribution in [0.1, 0.15) is 24.5 Å². The summed E-state index contributed by atoms with van der Waals surface area (Å²) < 4.78 is 0. The van der Waals surface area contributed by atoms with Crippen LogP contribution in [-0.2, 0) is 17.6 Å². The first-order chi connectivity index (χ1) is 12.7. The van der Waals surface area contributed by atoms with Crippen LogP contribution in [0.15, 0.2) is 42.6 Å². The Morgan fingerprint density at radius 1 is 1.15 bits per heavy atom. The molecular weight excluding hydrogens is 324 g/mol. The molecule has 1 atom stereocenters. The Balaban J connectivity index is 1.33. The molecule has 2 heterocycles. The van der Waals surface area contributed by atoms with Crippen molar-refractivity contribution >= 4 is 17.4 Å². The maximum Gasteiger partial charge on any atom is 0.282 e. The molecule has 1 saturated heterocycles. The third-order valence-corrected chi connectivity index (χ3v) is 5.81. The van der Waals surface area contributed by atoms with E-state index in [4.69, 9.17) is 0 Å². The van der Waals surface area contributed by atoms with Crippen LogP contribution >= 0.6 is 0 Å². The average molecular weight is 352 g/mol. The van der Waals surface area contributed by atoms with Gasteiger partial charge in [-0.25, -0.2) is 4.98 Å². The van der Waals surface area contributed by atoms with Gasteiger partial charge in [-0.1, -0.05) is 12.1 Å². The van der Waals surface area contributed by atoms with Gasteiger partial charge in [0.15, 0.2) is 6.04 Å². The Kier molecular flexibility index (Phi) is 4.89. The maximum atomic E-state index is 12.7. The Bertz CT molecular complexity index is 769. The summed E-state index contributed by atoms with van der Waals surface area (Å²) in [5.74, 6) is 1.28. The van der Waals surface area contributed by atoms with Gasteiger partial charge in [0.1, 0.15) is 26.2 Å². The molecule has 136 valence electrons. The van der Waals surface area contributed by atoms with Crippen LogP contribution in [-0.4, -0.2) is 38.1 Å². The number of benzene rings is 1. The van der Waals surface area contributed by atoms with Gasteiger partial charge in [-0.05, 0) is 55.5 Å². The highest BCUT2D eigenvalue weighted by atomic mass is 16.2. The highest BCUT2D eigenvalue weighted by Crippen LogP contribution is 2.24. The molecule has 1 amide bonds. The first-order valence-corrected chi connectivity index (χ1v) is 9.69. The molecule has 2 aliphatic rings. The third kappa shape index (κ3) is 3.58. The molecule has 1 fully saturated rings. The van der Waals surface area contributed by atoms with Gasteiger partial charge in [0, 0.05) is 11.8 Å². The van der Waals surface area contributed by atoms with Crippen LogP contribution in [0.4, 0.5) is 11.5 Å². The molecule has 0 unspecified atom stereocenters. The molecule has 3 N–H and O–H groups in total. The predicted octanol–water partition coefficient (Wildman–Crippen LogP) is 0.722. The van der Waals surface area contributed by atoms with Crippen molar-refractivity contribution in [1.29, 1.82) is 0 Å². The van der Waals surface area contributed by atoms with E-state index in [2.05, 4.69) is 39.5 Å². The van der Waals surface area contributed by atoms with Crippen LogP contribution in [0.25, 0.3) is 0 Å². The number of aromatic nitrogens is 1. The van der Waals surface area contributed by atoms with Crippen LogP contribution in [0.5, 0.6) is 0 Å². The molecule has 1 aromatic heterocycles. The second-order valence-electron chi connectivity index (χ2n) is 7.44. The molecule has 4 rings (SSSR count). The highest BCUT2D eigenvalue weighted by Gasteiger charge is 2.32. The van der Waals surface area contributed by atoms with Gasteiger partial charge in [-0.3, -0.25) is 9.69 Å². The minimum Gasteiger partial charge on any atom is -0.321 e. The molecule has 1 aliphatic carbocycles. The zero-order valence-corrected chi connectivity index (χ0v) is 15.4. The zero-order valence-electron chi connectivity index (χ0n) is 15.4. The number of anilines is 2. The summed E-state index contributed by atoms with van der Waals surface area (Å²) in [6, 6.07) is 12.5. The van der Waals surface area contributed by atoms with Gasteiger partial charge in [-0.15, -0.1) is 0 Å². The number of carbonyl (C=O) groups excluding carboxylic acids is 1. The fraction of sp³-hybridized carbons (Fsp3) is 0.429. The van der Waals surface area contributed by atoms with Crippen molar-refractivity contribution in [1.82, 2.24) is 0 Å². The quantitative estimate of drug-likeness (QED) is 0.852. The lowest BCUT2D eigenvalue weighted by atomic mass is 10.1. The third-order valence-electron chi connectivity index (χ3n) is 5.81. The highest BCUT2D eigenvalue weighted by molar-refractivity contribution is 5.93. The van der Waals surface area contributed by atoms with E-state index in [-0.39, 0.29) is 11.9 Å². The lowest BCUT2D eigenvalue weighted by molar-refractivity contribution is -0.914. The normalized spacial score (nSPS) is 18.4. The number of fused-ring (bicyclic) bond motifs is 1. The maximum absolute atomic E-state index is 12.7. The number of aromatic amines is 1. The fourth-order valence-corrected chi connectivity index (χ4v) is 4.13. The van der Waals surface area contributed by atoms with E-state index in [1.54, 1.807) is 0 Å². The number of carbonyl (C=O) groups is 1. The molecular formula is C21H28N4O+2. The summed E-state index contributed by atoms with van der Waals surface area (Å²) in [7, 11) is 0. The largest absolute Gasteiger partial charge is 0.321 e. The molecule has 0 bridgehead atoms. The second-order valence-corrected chi connectivity index (χ2v) is 7.44. The number of hydrogen-bond acceptors (Lipinski definition) is 2. The molecule has 5 heteroatoms. The van der Waals surface area contributed by atoms with Gasteiger partial charge < -0.3 is 10.2 Å². The van der Waals surface area contributed by atoms with Gasteiger partial charge >= 0.3 is 0 Å². The number of nitrogens with zero attached hydrogens (tertiary/aromatic N) is 1. The van der Waals surface area contributed by atoms with Crippen LogP contribution in [0.3, 0.4) is 0 Å². The predicted molar refractivity (Wildman–Crippen MR) is 102 cm³/mol. The summed E-state index contributed by atoms with van der Waals surface area (Å²) in [5.41, 5.74) is 3.78. The first-order valence-electron chi connectivity index (χ1n) is 9.69. The van der Waals surface area contributed by atoms with Gasteiger partial charge in [0.2, 0.25) is 0 Å². The van der Waals surface area contributed by atoms with E-state index in [1.165, 1.54) is 28.9 Å². The minimum absolute atomic E-state index is 0.0369. The lowest BCUT2D eigenvalue weighted by Gasteiger charge is -2.31. The summed E-state index contributed by atoms with van der Waals surface area (Å²) in [6.45, 7) is 5.92. The number of quaternary nitrogens is 1. The minimum atomic E-state index is -0.0369. The lowest BCUT2D eigenvalue weighted by Crippen LogP contribution is -3.19. The topological polar surface area (TPSA) is 50.9 Å². The smallest absolute Gasteiger partial charge is 0.282 e. The van der Waals surface area contributed by atoms with Crippen molar-refractivity contribution in [2.75, 3.05) is 36.4 Å².